The molecule has 0 saturated heterocycles. The Morgan fingerprint density at radius 1 is 0.900 bits per heavy atom. The Balaban J connectivity index is 1.75. The average molecular weight is 424 g/mol. The van der Waals surface area contributed by atoms with Crippen LogP contribution in [0.4, 0.5) is 5.69 Å². The van der Waals surface area contributed by atoms with Gasteiger partial charge < -0.3 is 0 Å². The molecule has 3 aromatic rings. The minimum Gasteiger partial charge on any atom is -0.269 e. The summed E-state index contributed by atoms with van der Waals surface area (Å²) in [6.45, 7) is 1.91. The lowest BCUT2D eigenvalue weighted by Crippen LogP contribution is -2.42. The fraction of sp³-hybridized carbons (Fsp3) is 0.0952. The maximum absolute atomic E-state index is 13.0. The highest BCUT2D eigenvalue weighted by Crippen LogP contribution is 2.23. The normalized spacial score (nSPS) is 10.9. The van der Waals surface area contributed by atoms with Gasteiger partial charge >= 0.3 is 0 Å². The van der Waals surface area contributed by atoms with Crippen LogP contribution >= 0.6 is 0 Å². The van der Waals surface area contributed by atoms with Crippen LogP contribution < -0.4 is 15.2 Å². The summed E-state index contributed by atoms with van der Waals surface area (Å²) in [6, 6.07) is 17.4. The molecule has 2 amide bonds. The molecule has 8 nitrogen and oxygen atoms in total. The van der Waals surface area contributed by atoms with Crippen molar-refractivity contribution in [2.45, 2.75) is 11.8 Å². The molecule has 2 aromatic carbocycles. The van der Waals surface area contributed by atoms with Crippen LogP contribution in [0.25, 0.3) is 0 Å². The van der Waals surface area contributed by atoms with Crippen molar-refractivity contribution in [3.63, 3.8) is 0 Å². The lowest BCUT2D eigenvalue weighted by atomic mass is 10.2. The van der Waals surface area contributed by atoms with Crippen LogP contribution in [-0.2, 0) is 10.0 Å². The predicted octanol–water partition coefficient (Wildman–Crippen LogP) is 2.29. The van der Waals surface area contributed by atoms with Crippen molar-refractivity contribution in [3.8, 4) is 0 Å². The van der Waals surface area contributed by atoms with Gasteiger partial charge in [0.05, 0.1) is 10.6 Å². The summed E-state index contributed by atoms with van der Waals surface area (Å²) in [5.74, 6) is -1.25. The summed E-state index contributed by atoms with van der Waals surface area (Å²) in [6.07, 6.45) is 1.45. The number of aryl methyl sites for hydroxylation is 1. The van der Waals surface area contributed by atoms with Gasteiger partial charge in [0.25, 0.3) is 21.8 Å². The highest BCUT2D eigenvalue weighted by atomic mass is 32.2. The standard InChI is InChI=1S/C21H20N4O4S/c1-15-9-11-17(12-10-15)25(2)30(28,29)18-7-5-6-16(14-18)20(26)23-24-21(27)19-8-3-4-13-22-19/h3-14H,1-2H3,(H,23,26)(H,24,27). The Kier molecular flexibility index (Phi) is 6.12. The number of aromatic nitrogens is 1. The fourth-order valence-electron chi connectivity index (χ4n) is 2.60. The molecule has 9 heteroatoms. The summed E-state index contributed by atoms with van der Waals surface area (Å²) >= 11 is 0. The van der Waals surface area contributed by atoms with Crippen molar-refractivity contribution in [2.75, 3.05) is 11.4 Å². The van der Waals surface area contributed by atoms with Gasteiger partial charge in [-0.1, -0.05) is 29.8 Å². The molecule has 30 heavy (non-hydrogen) atoms. The Morgan fingerprint density at radius 2 is 1.60 bits per heavy atom. The number of carbonyl (C=O) groups is 2. The third-order valence-corrected chi connectivity index (χ3v) is 6.12. The molecule has 0 spiro atoms. The minimum absolute atomic E-state index is 0.0470. The van der Waals surface area contributed by atoms with E-state index >= 15 is 0 Å². The lowest BCUT2D eigenvalue weighted by molar-refractivity contribution is 0.0844. The van der Waals surface area contributed by atoms with Crippen molar-refractivity contribution in [2.24, 2.45) is 0 Å². The minimum atomic E-state index is -3.88. The Hall–Kier alpha value is -3.72. The molecular weight excluding hydrogens is 404 g/mol. The van der Waals surface area contributed by atoms with Crippen LogP contribution in [0.3, 0.4) is 0 Å². The van der Waals surface area contributed by atoms with E-state index < -0.39 is 21.8 Å². The molecule has 0 atom stereocenters. The van der Waals surface area contributed by atoms with E-state index in [0.29, 0.717) is 5.69 Å². The van der Waals surface area contributed by atoms with Gasteiger partial charge in [0.1, 0.15) is 5.69 Å². The van der Waals surface area contributed by atoms with Gasteiger partial charge in [-0.3, -0.25) is 29.7 Å². The van der Waals surface area contributed by atoms with Crippen LogP contribution in [0.5, 0.6) is 0 Å². The molecule has 0 bridgehead atoms. The van der Waals surface area contributed by atoms with Gasteiger partial charge in [-0.25, -0.2) is 8.42 Å². The summed E-state index contributed by atoms with van der Waals surface area (Å²) in [4.78, 5) is 28.2. The maximum Gasteiger partial charge on any atom is 0.288 e. The number of pyridine rings is 1. The van der Waals surface area contributed by atoms with E-state index in [1.807, 2.05) is 19.1 Å². The number of nitrogens with zero attached hydrogens (tertiary/aromatic N) is 2. The largest absolute Gasteiger partial charge is 0.288 e. The maximum atomic E-state index is 13.0. The molecule has 0 aliphatic rings. The topological polar surface area (TPSA) is 108 Å². The Labute approximate surface area is 174 Å². The van der Waals surface area contributed by atoms with Crippen molar-refractivity contribution in [1.82, 2.24) is 15.8 Å². The molecular formula is C21H20N4O4S. The first kappa shape index (κ1) is 21.0. The first-order chi connectivity index (χ1) is 14.3. The number of hydrogen-bond donors (Lipinski definition) is 2. The van der Waals surface area contributed by atoms with Crippen LogP contribution in [0.1, 0.15) is 26.4 Å². The number of amides is 2. The zero-order chi connectivity index (χ0) is 21.7. The Bertz CT molecular complexity index is 1160. The van der Waals surface area contributed by atoms with E-state index in [9.17, 15) is 18.0 Å². The van der Waals surface area contributed by atoms with Gasteiger partial charge in [-0.15, -0.1) is 0 Å². The zero-order valence-corrected chi connectivity index (χ0v) is 17.2. The summed E-state index contributed by atoms with van der Waals surface area (Å²) in [7, 11) is -2.43. The third-order valence-electron chi connectivity index (χ3n) is 4.34. The number of hydrogen-bond acceptors (Lipinski definition) is 5. The summed E-state index contributed by atoms with van der Waals surface area (Å²) in [5.41, 5.74) is 6.22. The van der Waals surface area contributed by atoms with Crippen molar-refractivity contribution >= 4 is 27.5 Å². The molecule has 0 fully saturated rings. The van der Waals surface area contributed by atoms with E-state index in [2.05, 4.69) is 15.8 Å². The highest BCUT2D eigenvalue weighted by Gasteiger charge is 2.22. The Morgan fingerprint density at radius 3 is 2.27 bits per heavy atom. The van der Waals surface area contributed by atoms with Crippen molar-refractivity contribution in [1.29, 1.82) is 0 Å². The second kappa shape index (κ2) is 8.75. The number of sulfonamides is 1. The van der Waals surface area contributed by atoms with Gasteiger partial charge in [0, 0.05) is 18.8 Å². The second-order valence-corrected chi connectivity index (χ2v) is 8.43. The van der Waals surface area contributed by atoms with Crippen LogP contribution in [0, 0.1) is 6.92 Å². The molecule has 0 aliphatic carbocycles. The van der Waals surface area contributed by atoms with E-state index in [0.717, 1.165) is 9.87 Å². The van der Waals surface area contributed by atoms with E-state index in [1.165, 1.54) is 43.6 Å². The first-order valence-electron chi connectivity index (χ1n) is 8.96. The van der Waals surface area contributed by atoms with Crippen LogP contribution in [-0.4, -0.2) is 32.3 Å². The average Bonchev–Trinajstić information content (AvgIpc) is 2.78. The molecule has 0 saturated carbocycles. The summed E-state index contributed by atoms with van der Waals surface area (Å²) < 4.78 is 27.1. The van der Waals surface area contributed by atoms with Crippen LogP contribution in [0.2, 0.25) is 0 Å². The molecule has 0 unspecified atom stereocenters. The molecule has 2 N–H and O–H groups in total. The highest BCUT2D eigenvalue weighted by molar-refractivity contribution is 7.92. The number of benzene rings is 2. The summed E-state index contributed by atoms with van der Waals surface area (Å²) in [5, 5.41) is 0. The monoisotopic (exact) mass is 424 g/mol. The van der Waals surface area contributed by atoms with Gasteiger partial charge in [-0.2, -0.15) is 0 Å². The molecule has 0 aliphatic heterocycles. The van der Waals surface area contributed by atoms with Crippen LogP contribution in [0.15, 0.2) is 77.8 Å². The molecule has 3 rings (SSSR count). The number of rotatable bonds is 5. The van der Waals surface area contributed by atoms with Crippen molar-refractivity contribution in [3.05, 3.63) is 89.7 Å². The quantitative estimate of drug-likeness (QED) is 0.611. The number of hydrazine groups is 1. The SMILES string of the molecule is Cc1ccc(N(C)S(=O)(=O)c2cccc(C(=O)NNC(=O)c3ccccn3)c2)cc1. The lowest BCUT2D eigenvalue weighted by Gasteiger charge is -2.20. The zero-order valence-electron chi connectivity index (χ0n) is 16.4. The molecule has 1 heterocycles. The number of anilines is 1. The molecule has 1 aromatic heterocycles. The van der Waals surface area contributed by atoms with Crippen molar-refractivity contribution < 1.29 is 18.0 Å². The van der Waals surface area contributed by atoms with Gasteiger partial charge in [-0.05, 0) is 49.4 Å². The fourth-order valence-corrected chi connectivity index (χ4v) is 3.84. The number of carbonyl (C=O) groups excluding carboxylic acids is 2. The number of nitrogens with one attached hydrogen (secondary N) is 2. The smallest absolute Gasteiger partial charge is 0.269 e. The van der Waals surface area contributed by atoms with Gasteiger partial charge in [0.2, 0.25) is 0 Å². The predicted molar refractivity (Wildman–Crippen MR) is 112 cm³/mol. The van der Waals surface area contributed by atoms with E-state index in [4.69, 9.17) is 0 Å². The second-order valence-electron chi connectivity index (χ2n) is 6.46. The molecule has 0 radical (unpaired) electrons. The molecule has 154 valence electrons. The van der Waals surface area contributed by atoms with E-state index in [-0.39, 0.29) is 16.2 Å². The van der Waals surface area contributed by atoms with Gasteiger partial charge in [0.15, 0.2) is 0 Å². The first-order valence-corrected chi connectivity index (χ1v) is 10.4. The third kappa shape index (κ3) is 4.64. The van der Waals surface area contributed by atoms with E-state index in [1.54, 1.807) is 24.3 Å².